The molecule has 0 saturated heterocycles. The molecule has 0 atom stereocenters. The highest BCUT2D eigenvalue weighted by atomic mass is 15.2. The second-order valence-electron chi connectivity index (χ2n) is 9.99. The first kappa shape index (κ1) is 21.1. The van der Waals surface area contributed by atoms with Crippen LogP contribution in [0.1, 0.15) is 110 Å². The summed E-state index contributed by atoms with van der Waals surface area (Å²) >= 11 is 0. The molecular weight excluding hydrogens is 352 g/mol. The zero-order valence-corrected chi connectivity index (χ0v) is 19.0. The number of nitrogens with zero attached hydrogens (tertiary/aromatic N) is 2. The molecule has 4 rings (SSSR count). The molecule has 0 bridgehead atoms. The second-order valence-corrected chi connectivity index (χ2v) is 9.99. The number of anilines is 2. The van der Waals surface area contributed by atoms with Gasteiger partial charge in [-0.3, -0.25) is 0 Å². The molecule has 1 aromatic carbocycles. The highest BCUT2D eigenvalue weighted by Gasteiger charge is 2.29. The van der Waals surface area contributed by atoms with Crippen molar-refractivity contribution in [1.29, 1.82) is 0 Å². The molecule has 3 fully saturated rings. The normalized spacial score (nSPS) is 22.5. The Morgan fingerprint density at radius 3 is 1.45 bits per heavy atom. The molecule has 3 aliphatic rings. The van der Waals surface area contributed by atoms with Gasteiger partial charge in [-0.15, -0.1) is 0 Å². The smallest absolute Gasteiger partial charge is 0.0372 e. The van der Waals surface area contributed by atoms with Crippen molar-refractivity contribution in [2.45, 2.75) is 128 Å². The van der Waals surface area contributed by atoms with Gasteiger partial charge in [-0.2, -0.15) is 0 Å². The first-order chi connectivity index (χ1) is 14.4. The SMILES string of the molecule is CCCN(c1ccc(N(C2CCCCC2)C2CCCCC2)cc1)C1CCCCC1. The van der Waals surface area contributed by atoms with E-state index in [1.54, 1.807) is 0 Å². The molecule has 1 aromatic rings. The first-order valence-electron chi connectivity index (χ1n) is 13.0. The van der Waals surface area contributed by atoms with Gasteiger partial charge in [0.1, 0.15) is 0 Å². The second kappa shape index (κ2) is 10.7. The van der Waals surface area contributed by atoms with Gasteiger partial charge in [0.25, 0.3) is 0 Å². The van der Waals surface area contributed by atoms with Crippen LogP contribution in [0.2, 0.25) is 0 Å². The fourth-order valence-electron chi connectivity index (χ4n) is 6.41. The first-order valence-corrected chi connectivity index (χ1v) is 13.0. The van der Waals surface area contributed by atoms with Crippen molar-refractivity contribution < 1.29 is 0 Å². The molecule has 0 spiro atoms. The van der Waals surface area contributed by atoms with Gasteiger partial charge in [0.05, 0.1) is 0 Å². The third kappa shape index (κ3) is 5.30. The van der Waals surface area contributed by atoms with Crippen molar-refractivity contribution in [2.24, 2.45) is 0 Å². The zero-order chi connectivity index (χ0) is 19.9. The van der Waals surface area contributed by atoms with Gasteiger partial charge < -0.3 is 9.80 Å². The van der Waals surface area contributed by atoms with Gasteiger partial charge in [-0.1, -0.05) is 64.7 Å². The third-order valence-electron chi connectivity index (χ3n) is 7.90. The van der Waals surface area contributed by atoms with Crippen molar-refractivity contribution in [1.82, 2.24) is 0 Å². The van der Waals surface area contributed by atoms with Crippen LogP contribution in [0, 0.1) is 0 Å². The lowest BCUT2D eigenvalue weighted by molar-refractivity contribution is 0.340. The molecule has 2 heteroatoms. The summed E-state index contributed by atoms with van der Waals surface area (Å²) in [7, 11) is 0. The number of benzene rings is 1. The summed E-state index contributed by atoms with van der Waals surface area (Å²) in [4.78, 5) is 5.61. The van der Waals surface area contributed by atoms with Crippen LogP contribution in [0.4, 0.5) is 11.4 Å². The van der Waals surface area contributed by atoms with Gasteiger partial charge >= 0.3 is 0 Å². The largest absolute Gasteiger partial charge is 0.369 e. The Morgan fingerprint density at radius 1 is 0.586 bits per heavy atom. The van der Waals surface area contributed by atoms with E-state index in [0.29, 0.717) is 0 Å². The number of hydrogen-bond acceptors (Lipinski definition) is 2. The minimum atomic E-state index is 0.766. The molecular formula is C27H44N2. The summed E-state index contributed by atoms with van der Waals surface area (Å²) < 4.78 is 0. The molecule has 3 aliphatic carbocycles. The van der Waals surface area contributed by atoms with Crippen molar-refractivity contribution in [2.75, 3.05) is 16.3 Å². The Hall–Kier alpha value is -1.18. The molecule has 3 saturated carbocycles. The van der Waals surface area contributed by atoms with Crippen molar-refractivity contribution in [3.63, 3.8) is 0 Å². The summed E-state index contributed by atoms with van der Waals surface area (Å²) in [6, 6.07) is 12.2. The summed E-state index contributed by atoms with van der Waals surface area (Å²) in [5.41, 5.74) is 2.97. The Balaban J connectivity index is 1.53. The number of rotatable bonds is 7. The summed E-state index contributed by atoms with van der Waals surface area (Å²) in [6.45, 7) is 3.54. The lowest BCUT2D eigenvalue weighted by Gasteiger charge is -2.44. The molecule has 0 heterocycles. The molecule has 0 unspecified atom stereocenters. The summed E-state index contributed by atoms with van der Waals surface area (Å²) in [5, 5.41) is 0. The predicted octanol–water partition coefficient (Wildman–Crippen LogP) is 7.71. The number of hydrogen-bond donors (Lipinski definition) is 0. The zero-order valence-electron chi connectivity index (χ0n) is 19.0. The summed E-state index contributed by atoms with van der Waals surface area (Å²) in [5.74, 6) is 0. The minimum Gasteiger partial charge on any atom is -0.369 e. The average molecular weight is 397 g/mol. The van der Waals surface area contributed by atoms with E-state index in [4.69, 9.17) is 0 Å². The van der Waals surface area contributed by atoms with E-state index >= 15 is 0 Å². The maximum absolute atomic E-state index is 2.88. The van der Waals surface area contributed by atoms with E-state index in [9.17, 15) is 0 Å². The van der Waals surface area contributed by atoms with E-state index < -0.39 is 0 Å². The van der Waals surface area contributed by atoms with Crippen LogP contribution in [0.3, 0.4) is 0 Å². The van der Waals surface area contributed by atoms with Crippen LogP contribution in [0.25, 0.3) is 0 Å². The average Bonchev–Trinajstić information content (AvgIpc) is 2.80. The lowest BCUT2D eigenvalue weighted by Crippen LogP contribution is -2.45. The maximum Gasteiger partial charge on any atom is 0.0372 e. The Labute approximate surface area is 180 Å². The molecule has 0 N–H and O–H groups in total. The molecule has 0 radical (unpaired) electrons. The van der Waals surface area contributed by atoms with Crippen LogP contribution < -0.4 is 9.80 Å². The fraction of sp³-hybridized carbons (Fsp3) is 0.778. The van der Waals surface area contributed by atoms with Gasteiger partial charge in [-0.25, -0.2) is 0 Å². The van der Waals surface area contributed by atoms with Crippen LogP contribution in [0.5, 0.6) is 0 Å². The molecule has 162 valence electrons. The van der Waals surface area contributed by atoms with Crippen LogP contribution in [-0.4, -0.2) is 24.7 Å². The van der Waals surface area contributed by atoms with Gasteiger partial charge in [0, 0.05) is 36.0 Å². The van der Waals surface area contributed by atoms with Gasteiger partial charge in [-0.05, 0) is 69.2 Å². The van der Waals surface area contributed by atoms with Crippen molar-refractivity contribution >= 4 is 11.4 Å². The molecule has 29 heavy (non-hydrogen) atoms. The molecule has 0 amide bonds. The standard InChI is InChI=1S/C27H44N2/c1-2-22-28(23-12-6-3-7-13-23)24-18-20-27(21-19-24)29(25-14-8-4-9-15-25)26-16-10-5-11-17-26/h18-21,23,25-26H,2-17,22H2,1H3. The molecule has 0 aromatic heterocycles. The fourth-order valence-corrected chi connectivity index (χ4v) is 6.41. The van der Waals surface area contributed by atoms with Gasteiger partial charge in [0.15, 0.2) is 0 Å². The Morgan fingerprint density at radius 2 is 1.00 bits per heavy atom. The Kier molecular flexibility index (Phi) is 7.80. The van der Waals surface area contributed by atoms with Crippen molar-refractivity contribution in [3.8, 4) is 0 Å². The highest BCUT2D eigenvalue weighted by Crippen LogP contribution is 2.36. The maximum atomic E-state index is 2.88. The van der Waals surface area contributed by atoms with Crippen LogP contribution >= 0.6 is 0 Å². The Bertz CT molecular complexity index is 559. The van der Waals surface area contributed by atoms with Crippen molar-refractivity contribution in [3.05, 3.63) is 24.3 Å². The highest BCUT2D eigenvalue weighted by molar-refractivity contribution is 5.58. The summed E-state index contributed by atoms with van der Waals surface area (Å²) in [6.07, 6.45) is 22.5. The third-order valence-corrected chi connectivity index (χ3v) is 7.90. The van der Waals surface area contributed by atoms with E-state index in [-0.39, 0.29) is 0 Å². The van der Waals surface area contributed by atoms with E-state index in [1.165, 1.54) is 121 Å². The van der Waals surface area contributed by atoms with E-state index in [2.05, 4.69) is 41.0 Å². The lowest BCUT2D eigenvalue weighted by atomic mass is 9.88. The van der Waals surface area contributed by atoms with Crippen LogP contribution in [-0.2, 0) is 0 Å². The predicted molar refractivity (Wildman–Crippen MR) is 127 cm³/mol. The van der Waals surface area contributed by atoms with E-state index in [0.717, 1.165) is 18.1 Å². The quantitative estimate of drug-likeness (QED) is 0.465. The monoisotopic (exact) mass is 396 g/mol. The molecule has 0 aliphatic heterocycles. The van der Waals surface area contributed by atoms with Gasteiger partial charge in [0.2, 0.25) is 0 Å². The molecule has 2 nitrogen and oxygen atoms in total. The minimum absolute atomic E-state index is 0.766. The van der Waals surface area contributed by atoms with Crippen LogP contribution in [0.15, 0.2) is 24.3 Å². The van der Waals surface area contributed by atoms with E-state index in [1.807, 2.05) is 0 Å². The topological polar surface area (TPSA) is 6.48 Å².